The number of pyridine rings is 1. The molecule has 0 saturated heterocycles. The van der Waals surface area contributed by atoms with Crippen molar-refractivity contribution in [1.29, 1.82) is 0 Å². The standard InChI is InChI=1S/C12H16N4/c1-9-7-13-5-3-11(9)8-14-10(2)12-4-6-15-16-12/h3-7,10,14H,8H2,1-2H3,(H,15,16). The maximum atomic E-state index is 4.08. The molecule has 2 rings (SSSR count). The summed E-state index contributed by atoms with van der Waals surface area (Å²) in [5.41, 5.74) is 3.60. The van der Waals surface area contributed by atoms with Gasteiger partial charge in [0.15, 0.2) is 0 Å². The van der Waals surface area contributed by atoms with Gasteiger partial charge in [-0.25, -0.2) is 0 Å². The largest absolute Gasteiger partial charge is 0.305 e. The third kappa shape index (κ3) is 2.46. The molecular weight excluding hydrogens is 200 g/mol. The normalized spacial score (nSPS) is 12.6. The van der Waals surface area contributed by atoms with Crippen LogP contribution in [0.3, 0.4) is 0 Å². The Morgan fingerprint density at radius 2 is 2.25 bits per heavy atom. The van der Waals surface area contributed by atoms with Crippen LogP contribution in [0.25, 0.3) is 0 Å². The predicted molar refractivity (Wildman–Crippen MR) is 62.8 cm³/mol. The van der Waals surface area contributed by atoms with E-state index in [9.17, 15) is 0 Å². The highest BCUT2D eigenvalue weighted by Crippen LogP contribution is 2.10. The monoisotopic (exact) mass is 216 g/mol. The van der Waals surface area contributed by atoms with Crippen LogP contribution < -0.4 is 5.32 Å². The minimum absolute atomic E-state index is 0.273. The van der Waals surface area contributed by atoms with Crippen LogP contribution in [-0.4, -0.2) is 15.2 Å². The molecule has 4 nitrogen and oxygen atoms in total. The Morgan fingerprint density at radius 3 is 2.94 bits per heavy atom. The Bertz CT molecular complexity index is 436. The van der Waals surface area contributed by atoms with E-state index in [-0.39, 0.29) is 6.04 Å². The fourth-order valence-electron chi connectivity index (χ4n) is 1.58. The second kappa shape index (κ2) is 4.90. The minimum atomic E-state index is 0.273. The van der Waals surface area contributed by atoms with E-state index in [0.29, 0.717) is 0 Å². The molecule has 2 N–H and O–H groups in total. The number of aromatic amines is 1. The molecule has 0 amide bonds. The van der Waals surface area contributed by atoms with Crippen molar-refractivity contribution in [3.8, 4) is 0 Å². The van der Waals surface area contributed by atoms with Gasteiger partial charge in [-0.15, -0.1) is 0 Å². The summed E-state index contributed by atoms with van der Waals surface area (Å²) in [4.78, 5) is 4.08. The van der Waals surface area contributed by atoms with Gasteiger partial charge < -0.3 is 5.32 Å². The van der Waals surface area contributed by atoms with Gasteiger partial charge >= 0.3 is 0 Å². The van der Waals surface area contributed by atoms with Crippen molar-refractivity contribution in [2.24, 2.45) is 0 Å². The van der Waals surface area contributed by atoms with Crippen molar-refractivity contribution in [3.63, 3.8) is 0 Å². The van der Waals surface area contributed by atoms with Crippen molar-refractivity contribution < 1.29 is 0 Å². The number of aryl methyl sites for hydroxylation is 1. The summed E-state index contributed by atoms with van der Waals surface area (Å²) >= 11 is 0. The fraction of sp³-hybridized carbons (Fsp3) is 0.333. The van der Waals surface area contributed by atoms with E-state index < -0.39 is 0 Å². The minimum Gasteiger partial charge on any atom is -0.305 e. The molecule has 0 aliphatic carbocycles. The number of aromatic nitrogens is 3. The molecule has 16 heavy (non-hydrogen) atoms. The summed E-state index contributed by atoms with van der Waals surface area (Å²) in [6.45, 7) is 5.03. The molecule has 4 heteroatoms. The summed E-state index contributed by atoms with van der Waals surface area (Å²) < 4.78 is 0. The summed E-state index contributed by atoms with van der Waals surface area (Å²) in [6, 6.07) is 4.30. The van der Waals surface area contributed by atoms with Gasteiger partial charge in [-0.05, 0) is 37.1 Å². The number of nitrogens with one attached hydrogen (secondary N) is 2. The van der Waals surface area contributed by atoms with Crippen molar-refractivity contribution in [3.05, 3.63) is 47.5 Å². The molecule has 1 unspecified atom stereocenters. The maximum absolute atomic E-state index is 4.08. The van der Waals surface area contributed by atoms with E-state index >= 15 is 0 Å². The Labute approximate surface area is 95.1 Å². The number of rotatable bonds is 4. The maximum Gasteiger partial charge on any atom is 0.0518 e. The van der Waals surface area contributed by atoms with Gasteiger partial charge in [-0.3, -0.25) is 10.1 Å². The highest BCUT2D eigenvalue weighted by atomic mass is 15.1. The van der Waals surface area contributed by atoms with E-state index in [1.807, 2.05) is 24.5 Å². The van der Waals surface area contributed by atoms with Crippen LogP contribution in [0.1, 0.15) is 29.8 Å². The quantitative estimate of drug-likeness (QED) is 0.821. The zero-order valence-corrected chi connectivity index (χ0v) is 9.57. The molecule has 84 valence electrons. The van der Waals surface area contributed by atoms with Gasteiger partial charge in [-0.1, -0.05) is 0 Å². The van der Waals surface area contributed by atoms with E-state index in [1.165, 1.54) is 11.1 Å². The molecule has 0 saturated carbocycles. The third-order valence-electron chi connectivity index (χ3n) is 2.72. The van der Waals surface area contributed by atoms with Gasteiger partial charge in [0.25, 0.3) is 0 Å². The number of H-pyrrole nitrogens is 1. The van der Waals surface area contributed by atoms with Crippen LogP contribution in [0, 0.1) is 6.92 Å². The SMILES string of the molecule is Cc1cnccc1CNC(C)c1ccn[nH]1. The number of hydrogen-bond acceptors (Lipinski definition) is 3. The van der Waals surface area contributed by atoms with E-state index in [0.717, 1.165) is 12.2 Å². The van der Waals surface area contributed by atoms with E-state index in [2.05, 4.69) is 34.3 Å². The Hall–Kier alpha value is -1.68. The summed E-state index contributed by atoms with van der Waals surface area (Å²) in [7, 11) is 0. The van der Waals surface area contributed by atoms with Gasteiger partial charge in [0.1, 0.15) is 0 Å². The third-order valence-corrected chi connectivity index (χ3v) is 2.72. The Morgan fingerprint density at radius 1 is 1.38 bits per heavy atom. The molecule has 0 bridgehead atoms. The molecule has 0 aliphatic rings. The molecule has 0 aliphatic heterocycles. The van der Waals surface area contributed by atoms with Crippen LogP contribution in [0.4, 0.5) is 0 Å². The van der Waals surface area contributed by atoms with Crippen molar-refractivity contribution >= 4 is 0 Å². The van der Waals surface area contributed by atoms with Gasteiger partial charge in [-0.2, -0.15) is 5.10 Å². The first-order chi connectivity index (χ1) is 7.77. The molecule has 0 aromatic carbocycles. The van der Waals surface area contributed by atoms with Gasteiger partial charge in [0.05, 0.1) is 5.69 Å². The van der Waals surface area contributed by atoms with Crippen LogP contribution >= 0.6 is 0 Å². The van der Waals surface area contributed by atoms with Gasteiger partial charge in [0, 0.05) is 31.2 Å². The Kier molecular flexibility index (Phi) is 3.31. The molecule has 2 heterocycles. The Balaban J connectivity index is 1.95. The van der Waals surface area contributed by atoms with Crippen LogP contribution in [-0.2, 0) is 6.54 Å². The second-order valence-corrected chi connectivity index (χ2v) is 3.92. The zero-order chi connectivity index (χ0) is 11.4. The molecular formula is C12H16N4. The highest BCUT2D eigenvalue weighted by molar-refractivity contribution is 5.21. The molecule has 2 aromatic rings. The van der Waals surface area contributed by atoms with Gasteiger partial charge in [0.2, 0.25) is 0 Å². The summed E-state index contributed by atoms with van der Waals surface area (Å²) in [5, 5.41) is 10.3. The van der Waals surface area contributed by atoms with Crippen molar-refractivity contribution in [2.75, 3.05) is 0 Å². The lowest BCUT2D eigenvalue weighted by molar-refractivity contribution is 0.559. The van der Waals surface area contributed by atoms with Crippen LogP contribution in [0.15, 0.2) is 30.7 Å². The first kappa shape index (κ1) is 10.8. The molecule has 0 spiro atoms. The van der Waals surface area contributed by atoms with E-state index in [1.54, 1.807) is 6.20 Å². The summed E-state index contributed by atoms with van der Waals surface area (Å²) in [6.07, 6.45) is 5.48. The number of hydrogen-bond donors (Lipinski definition) is 2. The topological polar surface area (TPSA) is 53.6 Å². The lowest BCUT2D eigenvalue weighted by Gasteiger charge is -2.12. The average molecular weight is 216 g/mol. The second-order valence-electron chi connectivity index (χ2n) is 3.92. The lowest BCUT2D eigenvalue weighted by Crippen LogP contribution is -2.19. The smallest absolute Gasteiger partial charge is 0.0518 e. The zero-order valence-electron chi connectivity index (χ0n) is 9.57. The summed E-state index contributed by atoms with van der Waals surface area (Å²) in [5.74, 6) is 0. The van der Waals surface area contributed by atoms with Crippen molar-refractivity contribution in [2.45, 2.75) is 26.4 Å². The lowest BCUT2D eigenvalue weighted by atomic mass is 10.1. The first-order valence-corrected chi connectivity index (χ1v) is 5.39. The van der Waals surface area contributed by atoms with Crippen molar-refractivity contribution in [1.82, 2.24) is 20.5 Å². The molecule has 1 atom stereocenters. The molecule has 0 fully saturated rings. The first-order valence-electron chi connectivity index (χ1n) is 5.39. The predicted octanol–water partition coefficient (Wildman–Crippen LogP) is 1.96. The molecule has 2 aromatic heterocycles. The van der Waals surface area contributed by atoms with Crippen LogP contribution in [0.2, 0.25) is 0 Å². The van der Waals surface area contributed by atoms with E-state index in [4.69, 9.17) is 0 Å². The highest BCUT2D eigenvalue weighted by Gasteiger charge is 2.06. The average Bonchev–Trinajstić information content (AvgIpc) is 2.81. The molecule has 0 radical (unpaired) electrons. The fourth-order valence-corrected chi connectivity index (χ4v) is 1.58. The van der Waals surface area contributed by atoms with Crippen LogP contribution in [0.5, 0.6) is 0 Å². The number of nitrogens with zero attached hydrogens (tertiary/aromatic N) is 2.